The van der Waals surface area contributed by atoms with E-state index in [1.807, 2.05) is 49.4 Å². The summed E-state index contributed by atoms with van der Waals surface area (Å²) in [5.74, 6) is 1.15. The lowest BCUT2D eigenvalue weighted by Crippen LogP contribution is -2.44. The first kappa shape index (κ1) is 18.8. The largest absolute Gasteiger partial charge is 0.315 e. The number of ketones is 1. The number of Topliss-reactive ketones (excluding diaryl/α,β-unsaturated/α-hetero) is 1. The van der Waals surface area contributed by atoms with Crippen molar-refractivity contribution in [2.75, 3.05) is 19.6 Å². The zero-order chi connectivity index (χ0) is 20.0. The second kappa shape index (κ2) is 7.56. The third kappa shape index (κ3) is 3.37. The summed E-state index contributed by atoms with van der Waals surface area (Å²) in [5, 5.41) is 4.11. The maximum absolute atomic E-state index is 13.2. The third-order valence-corrected chi connectivity index (χ3v) is 6.53. The van der Waals surface area contributed by atoms with Crippen LogP contribution in [-0.4, -0.2) is 52.0 Å². The Morgan fingerprint density at radius 2 is 2.00 bits per heavy atom. The molecule has 0 spiro atoms. The van der Waals surface area contributed by atoms with Gasteiger partial charge in [0.1, 0.15) is 5.82 Å². The van der Waals surface area contributed by atoms with Gasteiger partial charge in [-0.15, -0.1) is 0 Å². The number of nitrogens with one attached hydrogen (secondary N) is 1. The molecular weight excluding hydrogens is 384 g/mol. The maximum Gasteiger partial charge on any atom is 0.179 e. The lowest BCUT2D eigenvalue weighted by atomic mass is 10.0. The molecule has 2 fully saturated rings. The van der Waals surface area contributed by atoms with Crippen LogP contribution in [0, 0.1) is 6.92 Å². The minimum atomic E-state index is 0.0173. The topological polar surface area (TPSA) is 50.2 Å². The van der Waals surface area contributed by atoms with Crippen LogP contribution in [0.2, 0.25) is 5.02 Å². The Labute approximate surface area is 175 Å². The standard InChI is InChI=1S/C23H25ClN4O/c1-15-26-20-13-17(24)6-9-21(20)28(15)18-7-4-16(5-8-18)23(29)22-3-2-12-27(22)19-10-11-25-14-19/h4-9,13,19,22,25H,2-3,10-12,14H2,1H3. The third-order valence-electron chi connectivity index (χ3n) is 6.29. The van der Waals surface area contributed by atoms with Gasteiger partial charge < -0.3 is 5.32 Å². The highest BCUT2D eigenvalue weighted by Gasteiger charge is 2.36. The molecule has 29 heavy (non-hydrogen) atoms. The minimum absolute atomic E-state index is 0.0173. The first-order valence-corrected chi connectivity index (χ1v) is 10.8. The highest BCUT2D eigenvalue weighted by molar-refractivity contribution is 6.31. The Morgan fingerprint density at radius 1 is 1.17 bits per heavy atom. The molecule has 0 bridgehead atoms. The number of aromatic nitrogens is 2. The quantitative estimate of drug-likeness (QED) is 0.663. The molecule has 2 aliphatic heterocycles. The number of likely N-dealkylation sites (tertiary alicyclic amines) is 1. The van der Waals surface area contributed by atoms with Gasteiger partial charge >= 0.3 is 0 Å². The number of benzene rings is 2. The predicted molar refractivity (Wildman–Crippen MR) is 116 cm³/mol. The van der Waals surface area contributed by atoms with E-state index in [1.54, 1.807) is 0 Å². The van der Waals surface area contributed by atoms with E-state index in [1.165, 1.54) is 0 Å². The van der Waals surface area contributed by atoms with Gasteiger partial charge in [0, 0.05) is 28.9 Å². The van der Waals surface area contributed by atoms with Crippen molar-refractivity contribution in [1.29, 1.82) is 0 Å². The fourth-order valence-electron chi connectivity index (χ4n) is 4.90. The van der Waals surface area contributed by atoms with Crippen molar-refractivity contribution in [1.82, 2.24) is 19.8 Å². The van der Waals surface area contributed by atoms with E-state index >= 15 is 0 Å². The number of carbonyl (C=O) groups is 1. The molecule has 6 heteroatoms. The maximum atomic E-state index is 13.2. The Morgan fingerprint density at radius 3 is 2.76 bits per heavy atom. The van der Waals surface area contributed by atoms with E-state index in [0.29, 0.717) is 11.1 Å². The molecule has 3 aromatic rings. The van der Waals surface area contributed by atoms with Gasteiger partial charge in [-0.1, -0.05) is 11.6 Å². The molecule has 3 heterocycles. The van der Waals surface area contributed by atoms with Gasteiger partial charge in [0.2, 0.25) is 0 Å². The summed E-state index contributed by atoms with van der Waals surface area (Å²) >= 11 is 6.11. The monoisotopic (exact) mass is 408 g/mol. The smallest absolute Gasteiger partial charge is 0.179 e. The second-order valence-electron chi connectivity index (χ2n) is 8.08. The van der Waals surface area contributed by atoms with Crippen LogP contribution in [0.25, 0.3) is 16.7 Å². The van der Waals surface area contributed by atoms with Crippen molar-refractivity contribution in [2.24, 2.45) is 0 Å². The number of fused-ring (bicyclic) bond motifs is 1. The number of rotatable bonds is 4. The molecule has 0 aliphatic carbocycles. The summed E-state index contributed by atoms with van der Waals surface area (Å²) in [6, 6.07) is 14.2. The summed E-state index contributed by atoms with van der Waals surface area (Å²) in [5.41, 5.74) is 3.69. The molecule has 150 valence electrons. The molecule has 0 radical (unpaired) electrons. The Balaban J connectivity index is 1.42. The number of imidazole rings is 1. The summed E-state index contributed by atoms with van der Waals surface area (Å²) in [6.45, 7) is 5.07. The number of aryl methyl sites for hydroxylation is 1. The van der Waals surface area contributed by atoms with Crippen LogP contribution >= 0.6 is 11.6 Å². The Bertz CT molecular complexity index is 1050. The predicted octanol–water partition coefficient (Wildman–Crippen LogP) is 4.00. The number of nitrogens with zero attached hydrogens (tertiary/aromatic N) is 3. The minimum Gasteiger partial charge on any atom is -0.315 e. The first-order valence-electron chi connectivity index (χ1n) is 10.4. The molecule has 2 unspecified atom stereocenters. The summed E-state index contributed by atoms with van der Waals surface area (Å²) in [4.78, 5) is 20.3. The lowest BCUT2D eigenvalue weighted by molar-refractivity contribution is 0.0826. The van der Waals surface area contributed by atoms with E-state index in [0.717, 1.165) is 67.0 Å². The van der Waals surface area contributed by atoms with Crippen LogP contribution in [0.5, 0.6) is 0 Å². The van der Waals surface area contributed by atoms with E-state index in [9.17, 15) is 4.79 Å². The van der Waals surface area contributed by atoms with Gasteiger partial charge in [0.05, 0.1) is 17.1 Å². The summed E-state index contributed by atoms with van der Waals surface area (Å²) < 4.78 is 2.10. The molecule has 5 nitrogen and oxygen atoms in total. The van der Waals surface area contributed by atoms with Gasteiger partial charge in [-0.05, 0) is 81.7 Å². The molecule has 2 aliphatic rings. The summed E-state index contributed by atoms with van der Waals surface area (Å²) in [6.07, 6.45) is 3.20. The molecule has 2 saturated heterocycles. The Kier molecular flexibility index (Phi) is 4.90. The van der Waals surface area contributed by atoms with Crippen molar-refractivity contribution in [3.8, 4) is 5.69 Å². The molecule has 1 aromatic heterocycles. The number of hydrogen-bond donors (Lipinski definition) is 1. The van der Waals surface area contributed by atoms with Crippen molar-refractivity contribution in [2.45, 2.75) is 38.3 Å². The molecule has 2 aromatic carbocycles. The molecule has 0 amide bonds. The van der Waals surface area contributed by atoms with Gasteiger partial charge in [-0.3, -0.25) is 14.3 Å². The fraction of sp³-hybridized carbons (Fsp3) is 0.391. The van der Waals surface area contributed by atoms with E-state index < -0.39 is 0 Å². The average Bonchev–Trinajstić information content (AvgIpc) is 3.46. The van der Waals surface area contributed by atoms with Gasteiger partial charge in [-0.25, -0.2) is 4.98 Å². The highest BCUT2D eigenvalue weighted by atomic mass is 35.5. The van der Waals surface area contributed by atoms with Crippen LogP contribution in [0.15, 0.2) is 42.5 Å². The van der Waals surface area contributed by atoms with Crippen molar-refractivity contribution in [3.63, 3.8) is 0 Å². The molecule has 0 saturated carbocycles. The van der Waals surface area contributed by atoms with Crippen molar-refractivity contribution < 1.29 is 4.79 Å². The fourth-order valence-corrected chi connectivity index (χ4v) is 5.06. The molecule has 2 atom stereocenters. The van der Waals surface area contributed by atoms with Crippen LogP contribution in [0.1, 0.15) is 35.4 Å². The van der Waals surface area contributed by atoms with Crippen molar-refractivity contribution >= 4 is 28.4 Å². The summed E-state index contributed by atoms with van der Waals surface area (Å²) in [7, 11) is 0. The second-order valence-corrected chi connectivity index (χ2v) is 8.52. The van der Waals surface area contributed by atoms with Gasteiger partial charge in [0.15, 0.2) is 5.78 Å². The zero-order valence-corrected chi connectivity index (χ0v) is 17.3. The van der Waals surface area contributed by atoms with Crippen LogP contribution < -0.4 is 5.32 Å². The first-order chi connectivity index (χ1) is 14.1. The van der Waals surface area contributed by atoms with Crippen molar-refractivity contribution in [3.05, 3.63) is 58.9 Å². The number of hydrogen-bond acceptors (Lipinski definition) is 4. The van der Waals surface area contributed by atoms with E-state index in [2.05, 4.69) is 19.8 Å². The lowest BCUT2D eigenvalue weighted by Gasteiger charge is -2.29. The normalized spacial score (nSPS) is 22.6. The Hall–Kier alpha value is -2.21. The van der Waals surface area contributed by atoms with E-state index in [4.69, 9.17) is 11.6 Å². The average molecular weight is 409 g/mol. The van der Waals surface area contributed by atoms with Gasteiger partial charge in [0.25, 0.3) is 0 Å². The highest BCUT2D eigenvalue weighted by Crippen LogP contribution is 2.27. The van der Waals surface area contributed by atoms with Crippen LogP contribution in [0.3, 0.4) is 0 Å². The number of halogens is 1. The molecular formula is C23H25ClN4O. The van der Waals surface area contributed by atoms with Crippen LogP contribution in [0.4, 0.5) is 0 Å². The molecule has 5 rings (SSSR count). The SMILES string of the molecule is Cc1nc2cc(Cl)ccc2n1-c1ccc(C(=O)C2CCCN2C2CCNC2)cc1. The van der Waals surface area contributed by atoms with E-state index in [-0.39, 0.29) is 11.8 Å². The van der Waals surface area contributed by atoms with Gasteiger partial charge in [-0.2, -0.15) is 0 Å². The number of carbonyl (C=O) groups excluding carboxylic acids is 1. The molecule has 1 N–H and O–H groups in total. The van der Waals surface area contributed by atoms with Crippen LogP contribution in [-0.2, 0) is 0 Å². The zero-order valence-electron chi connectivity index (χ0n) is 16.6.